The number of hydrogen-bond donors (Lipinski definition) is 1. The van der Waals surface area contributed by atoms with Crippen LogP contribution in [0.25, 0.3) is 0 Å². The molecule has 0 aromatic carbocycles. The number of aliphatic hydroxyl groups excluding tert-OH is 1. The summed E-state index contributed by atoms with van der Waals surface area (Å²) in [5.41, 5.74) is 0. The molecule has 60 valence electrons. The van der Waals surface area contributed by atoms with Gasteiger partial charge in [0, 0.05) is 12.1 Å². The maximum absolute atomic E-state index is 8.45. The third-order valence-corrected chi connectivity index (χ3v) is 1.31. The van der Waals surface area contributed by atoms with Crippen LogP contribution in [-0.4, -0.2) is 18.3 Å². The predicted molar refractivity (Wildman–Crippen MR) is 40.2 cm³/mol. The molecule has 0 radical (unpaired) electrons. The average Bonchev–Trinajstić information content (AvgIpc) is 2.04. The van der Waals surface area contributed by atoms with E-state index in [4.69, 9.17) is 9.84 Å². The van der Waals surface area contributed by atoms with Crippen molar-refractivity contribution in [3.63, 3.8) is 0 Å². The van der Waals surface area contributed by atoms with E-state index in [1.54, 1.807) is 0 Å². The van der Waals surface area contributed by atoms with Gasteiger partial charge in [-0.25, -0.2) is 4.57 Å². The van der Waals surface area contributed by atoms with Crippen molar-refractivity contribution in [2.75, 3.05) is 13.2 Å². The molecule has 1 heterocycles. The summed E-state index contributed by atoms with van der Waals surface area (Å²) in [6.45, 7) is 0.411. The molecule has 0 atom stereocenters. The van der Waals surface area contributed by atoms with Crippen LogP contribution in [-0.2, 0) is 7.05 Å². The van der Waals surface area contributed by atoms with Crippen LogP contribution in [0.15, 0.2) is 24.5 Å². The molecule has 11 heavy (non-hydrogen) atoms. The molecule has 0 unspecified atom stereocenters. The maximum Gasteiger partial charge on any atom is 0.172 e. The Balaban J connectivity index is 2.52. The van der Waals surface area contributed by atoms with Gasteiger partial charge in [0.05, 0.1) is 6.61 Å². The molecule has 0 saturated heterocycles. The van der Waals surface area contributed by atoms with Crippen molar-refractivity contribution in [1.82, 2.24) is 0 Å². The molecular weight excluding hydrogens is 142 g/mol. The van der Waals surface area contributed by atoms with Crippen molar-refractivity contribution < 1.29 is 14.4 Å². The lowest BCUT2D eigenvalue weighted by Gasteiger charge is -2.00. The zero-order valence-corrected chi connectivity index (χ0v) is 6.53. The predicted octanol–water partition coefficient (Wildman–Crippen LogP) is -0.118. The van der Waals surface area contributed by atoms with Gasteiger partial charge >= 0.3 is 0 Å². The number of hydrogen-bond acceptors (Lipinski definition) is 2. The van der Waals surface area contributed by atoms with Crippen molar-refractivity contribution in [2.24, 2.45) is 7.05 Å². The Morgan fingerprint density at radius 1 is 1.45 bits per heavy atom. The molecule has 1 N–H and O–H groups in total. The number of pyridine rings is 1. The summed E-state index contributed by atoms with van der Waals surface area (Å²) in [5, 5.41) is 8.45. The normalized spacial score (nSPS) is 9.64. The third kappa shape index (κ3) is 2.55. The minimum absolute atomic E-state index is 0.0566. The molecule has 3 heteroatoms. The highest BCUT2D eigenvalue weighted by molar-refractivity contribution is 5.14. The van der Waals surface area contributed by atoms with Gasteiger partial charge in [0.1, 0.15) is 19.4 Å². The second-order valence-electron chi connectivity index (χ2n) is 2.27. The van der Waals surface area contributed by atoms with Crippen molar-refractivity contribution in [1.29, 1.82) is 0 Å². The average molecular weight is 154 g/mol. The standard InChI is InChI=1S/C8H12NO2/c1-9-4-2-8(3-5-9)11-7-6-10/h2-5,10H,6-7H2,1H3/q+1. The molecular formula is C8H12NO2+. The first-order valence-corrected chi connectivity index (χ1v) is 3.52. The van der Waals surface area contributed by atoms with Crippen LogP contribution in [0.5, 0.6) is 5.75 Å². The summed E-state index contributed by atoms with van der Waals surface area (Å²) in [5.74, 6) is 0.789. The number of ether oxygens (including phenoxy) is 1. The van der Waals surface area contributed by atoms with Gasteiger partial charge in [-0.1, -0.05) is 0 Å². The maximum atomic E-state index is 8.45. The quantitative estimate of drug-likeness (QED) is 0.616. The fraction of sp³-hybridized carbons (Fsp3) is 0.375. The molecule has 0 aliphatic carbocycles. The van der Waals surface area contributed by atoms with Gasteiger partial charge in [0.2, 0.25) is 0 Å². The Bertz CT molecular complexity index is 208. The highest BCUT2D eigenvalue weighted by Gasteiger charge is 1.94. The van der Waals surface area contributed by atoms with Crippen LogP contribution in [0.1, 0.15) is 0 Å². The molecule has 0 bridgehead atoms. The summed E-state index contributed by atoms with van der Waals surface area (Å²) in [6, 6.07) is 3.71. The molecule has 0 aliphatic rings. The van der Waals surface area contributed by atoms with E-state index >= 15 is 0 Å². The van der Waals surface area contributed by atoms with E-state index < -0.39 is 0 Å². The second kappa shape index (κ2) is 3.93. The van der Waals surface area contributed by atoms with Gasteiger partial charge in [-0.2, -0.15) is 0 Å². The van der Waals surface area contributed by atoms with E-state index in [1.807, 2.05) is 36.1 Å². The van der Waals surface area contributed by atoms with E-state index in [0.29, 0.717) is 6.61 Å². The lowest BCUT2D eigenvalue weighted by atomic mass is 10.4. The molecule has 1 aromatic heterocycles. The molecule has 0 spiro atoms. The van der Waals surface area contributed by atoms with E-state index in [-0.39, 0.29) is 6.61 Å². The van der Waals surface area contributed by atoms with Crippen LogP contribution in [0.2, 0.25) is 0 Å². The van der Waals surface area contributed by atoms with Crippen molar-refractivity contribution >= 4 is 0 Å². The Labute approximate surface area is 65.9 Å². The monoisotopic (exact) mass is 154 g/mol. The molecule has 0 fully saturated rings. The largest absolute Gasteiger partial charge is 0.491 e. The number of rotatable bonds is 3. The smallest absolute Gasteiger partial charge is 0.172 e. The van der Waals surface area contributed by atoms with Gasteiger partial charge in [-0.15, -0.1) is 0 Å². The van der Waals surface area contributed by atoms with E-state index in [1.165, 1.54) is 0 Å². The van der Waals surface area contributed by atoms with Gasteiger partial charge in [0.15, 0.2) is 12.4 Å². The van der Waals surface area contributed by atoms with Gasteiger partial charge in [-0.05, 0) is 0 Å². The van der Waals surface area contributed by atoms with E-state index in [9.17, 15) is 0 Å². The fourth-order valence-corrected chi connectivity index (χ4v) is 0.747. The SMILES string of the molecule is C[n+]1ccc(OCCO)cc1. The number of aryl methyl sites for hydroxylation is 1. The van der Waals surface area contributed by atoms with E-state index in [0.717, 1.165) is 5.75 Å². The number of nitrogens with zero attached hydrogens (tertiary/aromatic N) is 1. The Kier molecular flexibility index (Phi) is 2.86. The fourth-order valence-electron chi connectivity index (χ4n) is 0.747. The number of aromatic nitrogens is 1. The second-order valence-corrected chi connectivity index (χ2v) is 2.27. The zero-order valence-electron chi connectivity index (χ0n) is 6.53. The minimum Gasteiger partial charge on any atom is -0.491 e. The Morgan fingerprint density at radius 3 is 2.64 bits per heavy atom. The highest BCUT2D eigenvalue weighted by atomic mass is 16.5. The van der Waals surface area contributed by atoms with Crippen LogP contribution in [0.4, 0.5) is 0 Å². The van der Waals surface area contributed by atoms with Crippen molar-refractivity contribution in [2.45, 2.75) is 0 Å². The molecule has 3 nitrogen and oxygen atoms in total. The summed E-state index contributed by atoms with van der Waals surface area (Å²) in [4.78, 5) is 0. The van der Waals surface area contributed by atoms with Crippen LogP contribution < -0.4 is 9.30 Å². The summed E-state index contributed by atoms with van der Waals surface area (Å²) in [7, 11) is 1.94. The molecule has 0 aliphatic heterocycles. The molecule has 0 saturated carbocycles. The molecule has 0 amide bonds. The lowest BCUT2D eigenvalue weighted by molar-refractivity contribution is -0.671. The first kappa shape index (κ1) is 8.01. The van der Waals surface area contributed by atoms with Crippen LogP contribution in [0, 0.1) is 0 Å². The molecule has 1 rings (SSSR count). The highest BCUT2D eigenvalue weighted by Crippen LogP contribution is 2.04. The van der Waals surface area contributed by atoms with Crippen molar-refractivity contribution in [3.8, 4) is 5.75 Å². The van der Waals surface area contributed by atoms with Crippen molar-refractivity contribution in [3.05, 3.63) is 24.5 Å². The van der Waals surface area contributed by atoms with Crippen LogP contribution >= 0.6 is 0 Å². The summed E-state index contributed by atoms with van der Waals surface area (Å²) < 4.78 is 7.07. The Morgan fingerprint density at radius 2 is 2.09 bits per heavy atom. The summed E-state index contributed by atoms with van der Waals surface area (Å²) >= 11 is 0. The lowest BCUT2D eigenvalue weighted by Crippen LogP contribution is -2.25. The first-order valence-electron chi connectivity index (χ1n) is 3.52. The zero-order chi connectivity index (χ0) is 8.10. The summed E-state index contributed by atoms with van der Waals surface area (Å²) in [6.07, 6.45) is 3.79. The van der Waals surface area contributed by atoms with E-state index in [2.05, 4.69) is 0 Å². The first-order chi connectivity index (χ1) is 5.33. The van der Waals surface area contributed by atoms with Gasteiger partial charge in [-0.3, -0.25) is 0 Å². The topological polar surface area (TPSA) is 33.3 Å². The molecule has 1 aromatic rings. The third-order valence-electron chi connectivity index (χ3n) is 1.31. The number of aliphatic hydroxyl groups is 1. The minimum atomic E-state index is 0.0566. The van der Waals surface area contributed by atoms with Gasteiger partial charge < -0.3 is 9.84 Å². The van der Waals surface area contributed by atoms with Gasteiger partial charge in [0.25, 0.3) is 0 Å². The Hall–Kier alpha value is -1.09. The van der Waals surface area contributed by atoms with Crippen LogP contribution in [0.3, 0.4) is 0 Å².